The van der Waals surface area contributed by atoms with Crippen LogP contribution in [0.5, 0.6) is 0 Å². The van der Waals surface area contributed by atoms with Gasteiger partial charge in [-0.05, 0) is 67.4 Å². The minimum Gasteiger partial charge on any atom is -0.309 e. The first-order valence-corrected chi connectivity index (χ1v) is 6.33. The first-order chi connectivity index (χ1) is 9.43. The monoisotopic (exact) mass is 279 g/mol. The number of rotatable bonds is 3. The van der Waals surface area contributed by atoms with Gasteiger partial charge in [-0.3, -0.25) is 0 Å². The Kier molecular flexibility index (Phi) is 4.14. The predicted molar refractivity (Wildman–Crippen MR) is 73.1 cm³/mol. The van der Waals surface area contributed by atoms with Crippen LogP contribution in [0.15, 0.2) is 30.3 Å². The summed E-state index contributed by atoms with van der Waals surface area (Å²) in [4.78, 5) is 0. The van der Waals surface area contributed by atoms with Gasteiger partial charge in [0.2, 0.25) is 0 Å². The van der Waals surface area contributed by atoms with Crippen molar-refractivity contribution in [2.24, 2.45) is 0 Å². The quantitative estimate of drug-likeness (QED) is 0.894. The van der Waals surface area contributed by atoms with Crippen LogP contribution in [0.2, 0.25) is 0 Å². The Labute approximate surface area is 116 Å². The van der Waals surface area contributed by atoms with Gasteiger partial charge in [-0.1, -0.05) is 6.07 Å². The van der Waals surface area contributed by atoms with Crippen LogP contribution >= 0.6 is 0 Å². The summed E-state index contributed by atoms with van der Waals surface area (Å²) < 4.78 is 39.8. The van der Waals surface area contributed by atoms with Gasteiger partial charge in [0, 0.05) is 0 Å². The summed E-state index contributed by atoms with van der Waals surface area (Å²) in [5.41, 5.74) is 3.02. The summed E-state index contributed by atoms with van der Waals surface area (Å²) >= 11 is 0. The van der Waals surface area contributed by atoms with Crippen molar-refractivity contribution in [1.29, 1.82) is 0 Å². The largest absolute Gasteiger partial charge is 0.309 e. The molecule has 4 heteroatoms. The van der Waals surface area contributed by atoms with Crippen molar-refractivity contribution in [3.63, 3.8) is 0 Å². The van der Waals surface area contributed by atoms with Crippen molar-refractivity contribution in [3.05, 3.63) is 70.0 Å². The van der Waals surface area contributed by atoms with E-state index in [1.165, 1.54) is 24.3 Å². The van der Waals surface area contributed by atoms with E-state index in [1.807, 2.05) is 0 Å². The van der Waals surface area contributed by atoms with E-state index in [-0.39, 0.29) is 11.9 Å². The van der Waals surface area contributed by atoms with Crippen LogP contribution in [0.1, 0.15) is 28.3 Å². The fraction of sp³-hybridized carbons (Fsp3) is 0.250. The van der Waals surface area contributed by atoms with E-state index in [0.717, 1.165) is 22.8 Å². The summed E-state index contributed by atoms with van der Waals surface area (Å²) in [6.45, 7) is 3.60. The van der Waals surface area contributed by atoms with Gasteiger partial charge in [-0.15, -0.1) is 0 Å². The summed E-state index contributed by atoms with van der Waals surface area (Å²) in [5.74, 6) is -2.07. The highest BCUT2D eigenvalue weighted by Gasteiger charge is 2.18. The van der Waals surface area contributed by atoms with Crippen molar-refractivity contribution in [3.8, 4) is 0 Å². The van der Waals surface area contributed by atoms with E-state index in [4.69, 9.17) is 0 Å². The van der Waals surface area contributed by atoms with E-state index in [0.29, 0.717) is 5.56 Å². The Bertz CT molecular complexity index is 615. The maximum absolute atomic E-state index is 13.4. The molecule has 0 saturated heterocycles. The molecule has 0 spiro atoms. The first kappa shape index (κ1) is 14.6. The Morgan fingerprint density at radius 3 is 2.00 bits per heavy atom. The molecule has 2 aromatic carbocycles. The van der Waals surface area contributed by atoms with Gasteiger partial charge in [0.25, 0.3) is 0 Å². The molecule has 1 N–H and O–H groups in total. The van der Waals surface area contributed by atoms with Gasteiger partial charge in [0.15, 0.2) is 11.6 Å². The molecule has 0 aliphatic heterocycles. The van der Waals surface area contributed by atoms with Crippen molar-refractivity contribution < 1.29 is 13.2 Å². The molecule has 0 heterocycles. The average molecular weight is 279 g/mol. The normalized spacial score (nSPS) is 12.5. The third-order valence-electron chi connectivity index (χ3n) is 3.41. The lowest BCUT2D eigenvalue weighted by atomic mass is 9.91. The van der Waals surface area contributed by atoms with Gasteiger partial charge >= 0.3 is 0 Å². The molecule has 1 atom stereocenters. The van der Waals surface area contributed by atoms with Gasteiger partial charge in [-0.25, -0.2) is 13.2 Å². The lowest BCUT2D eigenvalue weighted by Crippen LogP contribution is -2.20. The molecule has 0 fully saturated rings. The van der Waals surface area contributed by atoms with Crippen LogP contribution < -0.4 is 5.32 Å². The maximum atomic E-state index is 13.4. The van der Waals surface area contributed by atoms with Crippen LogP contribution in [0, 0.1) is 31.3 Å². The molecule has 0 saturated carbocycles. The van der Waals surface area contributed by atoms with Crippen LogP contribution in [-0.4, -0.2) is 7.05 Å². The van der Waals surface area contributed by atoms with Gasteiger partial charge in [0.05, 0.1) is 6.04 Å². The molecule has 0 bridgehead atoms. The number of nitrogens with one attached hydrogen (secondary N) is 1. The molecule has 0 aliphatic carbocycles. The topological polar surface area (TPSA) is 12.0 Å². The second-order valence-corrected chi connectivity index (χ2v) is 4.85. The summed E-state index contributed by atoms with van der Waals surface area (Å²) in [6, 6.07) is 6.36. The molecule has 20 heavy (non-hydrogen) atoms. The van der Waals surface area contributed by atoms with Crippen molar-refractivity contribution >= 4 is 0 Å². The predicted octanol–water partition coefficient (Wildman–Crippen LogP) is 4.03. The zero-order chi connectivity index (χ0) is 14.9. The SMILES string of the molecule is CNC(c1ccc(F)c(F)c1)c1c(C)cc(F)cc1C. The molecule has 2 rings (SSSR count). The highest BCUT2D eigenvalue weighted by atomic mass is 19.2. The summed E-state index contributed by atoms with van der Waals surface area (Å²) in [6.07, 6.45) is 0. The van der Waals surface area contributed by atoms with E-state index < -0.39 is 11.6 Å². The smallest absolute Gasteiger partial charge is 0.159 e. The van der Waals surface area contributed by atoms with Crippen molar-refractivity contribution in [2.45, 2.75) is 19.9 Å². The minimum atomic E-state index is -0.889. The van der Waals surface area contributed by atoms with E-state index >= 15 is 0 Å². The number of aryl methyl sites for hydroxylation is 2. The zero-order valence-corrected chi connectivity index (χ0v) is 11.6. The van der Waals surface area contributed by atoms with Crippen LogP contribution in [0.4, 0.5) is 13.2 Å². The second-order valence-electron chi connectivity index (χ2n) is 4.85. The number of halogens is 3. The van der Waals surface area contributed by atoms with Crippen molar-refractivity contribution in [1.82, 2.24) is 5.32 Å². The second kappa shape index (κ2) is 5.67. The van der Waals surface area contributed by atoms with Crippen LogP contribution in [0.25, 0.3) is 0 Å². The van der Waals surface area contributed by atoms with Gasteiger partial charge in [-0.2, -0.15) is 0 Å². The molecule has 0 amide bonds. The number of benzene rings is 2. The molecule has 0 aromatic heterocycles. The molecule has 0 radical (unpaired) electrons. The van der Waals surface area contributed by atoms with Crippen molar-refractivity contribution in [2.75, 3.05) is 7.05 Å². The minimum absolute atomic E-state index is 0.302. The molecule has 2 aromatic rings. The molecule has 1 nitrogen and oxygen atoms in total. The molecule has 0 aliphatic rings. The highest BCUT2D eigenvalue weighted by molar-refractivity contribution is 5.42. The first-order valence-electron chi connectivity index (χ1n) is 6.33. The zero-order valence-electron chi connectivity index (χ0n) is 11.6. The molecular weight excluding hydrogens is 263 g/mol. The highest BCUT2D eigenvalue weighted by Crippen LogP contribution is 2.29. The fourth-order valence-electron chi connectivity index (χ4n) is 2.55. The number of hydrogen-bond acceptors (Lipinski definition) is 1. The summed E-state index contributed by atoms with van der Waals surface area (Å²) in [7, 11) is 1.73. The van der Waals surface area contributed by atoms with E-state index in [2.05, 4.69) is 5.32 Å². The van der Waals surface area contributed by atoms with Crippen LogP contribution in [-0.2, 0) is 0 Å². The Morgan fingerprint density at radius 2 is 1.50 bits per heavy atom. The maximum Gasteiger partial charge on any atom is 0.159 e. The third-order valence-corrected chi connectivity index (χ3v) is 3.41. The molecule has 1 unspecified atom stereocenters. The lowest BCUT2D eigenvalue weighted by Gasteiger charge is -2.22. The summed E-state index contributed by atoms with van der Waals surface area (Å²) in [5, 5.41) is 3.07. The number of hydrogen-bond donors (Lipinski definition) is 1. The average Bonchev–Trinajstić information content (AvgIpc) is 2.37. The van der Waals surface area contributed by atoms with E-state index in [9.17, 15) is 13.2 Å². The van der Waals surface area contributed by atoms with Gasteiger partial charge < -0.3 is 5.32 Å². The Hall–Kier alpha value is -1.81. The fourth-order valence-corrected chi connectivity index (χ4v) is 2.55. The molecular formula is C16H16F3N. The third kappa shape index (κ3) is 2.70. The standard InChI is InChI=1S/C16H16F3N/c1-9-6-12(17)7-10(2)15(9)16(20-3)11-4-5-13(18)14(19)8-11/h4-8,16,20H,1-3H3. The lowest BCUT2D eigenvalue weighted by molar-refractivity contribution is 0.504. The van der Waals surface area contributed by atoms with E-state index in [1.54, 1.807) is 20.9 Å². The Morgan fingerprint density at radius 1 is 0.900 bits per heavy atom. The molecule has 106 valence electrons. The Balaban J connectivity index is 2.55. The van der Waals surface area contributed by atoms with Gasteiger partial charge in [0.1, 0.15) is 5.82 Å². The van der Waals surface area contributed by atoms with Crippen LogP contribution in [0.3, 0.4) is 0 Å².